The van der Waals surface area contributed by atoms with E-state index in [-0.39, 0.29) is 11.2 Å². The highest BCUT2D eigenvalue weighted by atomic mass is 16.5. The van der Waals surface area contributed by atoms with Crippen LogP contribution in [0.1, 0.15) is 18.5 Å². The molecule has 1 saturated heterocycles. The standard InChI is InChI=1S/C10H15N3O2/c11-9-5-8(12-13-10(9)14)4-7-2-1-3-15-6-7/h5,7H,1-4,6H2,(H2,11,12)(H,13,14). The fourth-order valence-electron chi connectivity index (χ4n) is 1.83. The Morgan fingerprint density at radius 1 is 1.67 bits per heavy atom. The van der Waals surface area contributed by atoms with Crippen LogP contribution in [0, 0.1) is 5.92 Å². The summed E-state index contributed by atoms with van der Waals surface area (Å²) in [4.78, 5) is 11.0. The SMILES string of the molecule is Nc1cc(CC2CCCOC2)n[nH]c1=O. The summed E-state index contributed by atoms with van der Waals surface area (Å²) >= 11 is 0. The molecule has 2 rings (SSSR count). The first-order valence-corrected chi connectivity index (χ1v) is 5.17. The van der Waals surface area contributed by atoms with Crippen molar-refractivity contribution in [2.45, 2.75) is 19.3 Å². The molecule has 5 nitrogen and oxygen atoms in total. The number of rotatable bonds is 2. The number of H-pyrrole nitrogens is 1. The number of ether oxygens (including phenoxy) is 1. The normalized spacial score (nSPS) is 21.5. The number of hydrogen-bond acceptors (Lipinski definition) is 4. The Morgan fingerprint density at radius 3 is 3.20 bits per heavy atom. The zero-order valence-electron chi connectivity index (χ0n) is 8.53. The van der Waals surface area contributed by atoms with Crippen LogP contribution in [0.25, 0.3) is 0 Å². The summed E-state index contributed by atoms with van der Waals surface area (Å²) < 4.78 is 5.38. The predicted molar refractivity (Wildman–Crippen MR) is 56.5 cm³/mol. The molecule has 1 aliphatic heterocycles. The highest BCUT2D eigenvalue weighted by Crippen LogP contribution is 2.17. The molecule has 0 aromatic carbocycles. The van der Waals surface area contributed by atoms with Gasteiger partial charge in [-0.3, -0.25) is 4.79 Å². The monoisotopic (exact) mass is 209 g/mol. The van der Waals surface area contributed by atoms with Gasteiger partial charge >= 0.3 is 0 Å². The van der Waals surface area contributed by atoms with E-state index in [2.05, 4.69) is 10.2 Å². The number of nitrogens with two attached hydrogens (primary N) is 1. The van der Waals surface area contributed by atoms with E-state index in [1.807, 2.05) is 0 Å². The summed E-state index contributed by atoms with van der Waals surface area (Å²) in [5.74, 6) is 0.497. The van der Waals surface area contributed by atoms with E-state index in [1.54, 1.807) is 6.07 Å². The molecule has 0 bridgehead atoms. The van der Waals surface area contributed by atoms with Gasteiger partial charge in [-0.05, 0) is 31.2 Å². The molecule has 0 amide bonds. The summed E-state index contributed by atoms with van der Waals surface area (Å²) in [5.41, 5.74) is 6.26. The lowest BCUT2D eigenvalue weighted by molar-refractivity contribution is 0.0546. The van der Waals surface area contributed by atoms with E-state index < -0.39 is 0 Å². The Kier molecular flexibility index (Phi) is 3.01. The van der Waals surface area contributed by atoms with Crippen LogP contribution >= 0.6 is 0 Å². The Labute approximate surface area is 87.6 Å². The zero-order valence-corrected chi connectivity index (χ0v) is 8.53. The van der Waals surface area contributed by atoms with Gasteiger partial charge in [0.2, 0.25) is 0 Å². The Morgan fingerprint density at radius 2 is 2.53 bits per heavy atom. The maximum Gasteiger partial charge on any atom is 0.287 e. The van der Waals surface area contributed by atoms with E-state index in [0.29, 0.717) is 5.92 Å². The molecule has 0 saturated carbocycles. The minimum atomic E-state index is -0.321. The minimum absolute atomic E-state index is 0.233. The molecule has 1 unspecified atom stereocenters. The quantitative estimate of drug-likeness (QED) is 0.735. The third-order valence-corrected chi connectivity index (χ3v) is 2.64. The third kappa shape index (κ3) is 2.56. The van der Waals surface area contributed by atoms with Crippen molar-refractivity contribution in [3.8, 4) is 0 Å². The van der Waals surface area contributed by atoms with Gasteiger partial charge in [-0.25, -0.2) is 5.10 Å². The highest BCUT2D eigenvalue weighted by molar-refractivity contribution is 5.34. The van der Waals surface area contributed by atoms with E-state index in [4.69, 9.17) is 10.5 Å². The number of hydrogen-bond donors (Lipinski definition) is 2. The number of nitrogen functional groups attached to an aromatic ring is 1. The molecular formula is C10H15N3O2. The second-order valence-corrected chi connectivity index (χ2v) is 3.93. The smallest absolute Gasteiger partial charge is 0.287 e. The van der Waals surface area contributed by atoms with Gasteiger partial charge in [-0.1, -0.05) is 0 Å². The first-order chi connectivity index (χ1) is 7.25. The first-order valence-electron chi connectivity index (χ1n) is 5.17. The lowest BCUT2D eigenvalue weighted by Gasteiger charge is -2.21. The fourth-order valence-corrected chi connectivity index (χ4v) is 1.83. The lowest BCUT2D eigenvalue weighted by atomic mass is 9.97. The maximum atomic E-state index is 11.0. The van der Waals surface area contributed by atoms with Gasteiger partial charge in [0, 0.05) is 13.2 Å². The highest BCUT2D eigenvalue weighted by Gasteiger charge is 2.15. The van der Waals surface area contributed by atoms with Gasteiger partial charge in [0.15, 0.2) is 0 Å². The van der Waals surface area contributed by atoms with Crippen molar-refractivity contribution in [1.82, 2.24) is 10.2 Å². The molecule has 0 radical (unpaired) electrons. The average Bonchev–Trinajstić information content (AvgIpc) is 2.25. The first kappa shape index (κ1) is 10.2. The van der Waals surface area contributed by atoms with Crippen molar-refractivity contribution in [3.05, 3.63) is 22.1 Å². The third-order valence-electron chi connectivity index (χ3n) is 2.64. The lowest BCUT2D eigenvalue weighted by Crippen LogP contribution is -2.21. The van der Waals surface area contributed by atoms with E-state index in [9.17, 15) is 4.79 Å². The summed E-state index contributed by atoms with van der Waals surface area (Å²) in [6.07, 6.45) is 3.07. The Hall–Kier alpha value is -1.36. The number of aromatic nitrogens is 2. The zero-order chi connectivity index (χ0) is 10.7. The molecule has 1 aliphatic rings. The van der Waals surface area contributed by atoms with Crippen LogP contribution < -0.4 is 11.3 Å². The minimum Gasteiger partial charge on any atom is -0.394 e. The second kappa shape index (κ2) is 4.44. The summed E-state index contributed by atoms with van der Waals surface area (Å²) in [7, 11) is 0. The number of aromatic amines is 1. The Bertz CT molecular complexity index is 382. The van der Waals surface area contributed by atoms with Gasteiger partial charge in [-0.2, -0.15) is 5.10 Å². The second-order valence-electron chi connectivity index (χ2n) is 3.93. The molecule has 5 heteroatoms. The summed E-state index contributed by atoms with van der Waals surface area (Å²) in [6, 6.07) is 1.65. The van der Waals surface area contributed by atoms with Crippen LogP contribution in [0.2, 0.25) is 0 Å². The van der Waals surface area contributed by atoms with Gasteiger partial charge in [0.25, 0.3) is 5.56 Å². The molecule has 1 fully saturated rings. The molecule has 82 valence electrons. The van der Waals surface area contributed by atoms with Gasteiger partial charge in [0.1, 0.15) is 5.69 Å². The van der Waals surface area contributed by atoms with Crippen molar-refractivity contribution in [1.29, 1.82) is 0 Å². The topological polar surface area (TPSA) is 81.0 Å². The number of nitrogens with zero attached hydrogens (tertiary/aromatic N) is 1. The molecule has 2 heterocycles. The van der Waals surface area contributed by atoms with Crippen LogP contribution in [-0.4, -0.2) is 23.4 Å². The fraction of sp³-hybridized carbons (Fsp3) is 0.600. The number of anilines is 1. The van der Waals surface area contributed by atoms with Gasteiger partial charge in [0.05, 0.1) is 5.69 Å². The van der Waals surface area contributed by atoms with Gasteiger partial charge in [-0.15, -0.1) is 0 Å². The van der Waals surface area contributed by atoms with Gasteiger partial charge < -0.3 is 10.5 Å². The van der Waals surface area contributed by atoms with Crippen molar-refractivity contribution in [3.63, 3.8) is 0 Å². The molecule has 1 atom stereocenters. The van der Waals surface area contributed by atoms with Crippen molar-refractivity contribution < 1.29 is 4.74 Å². The van der Waals surface area contributed by atoms with E-state index in [0.717, 1.165) is 38.2 Å². The van der Waals surface area contributed by atoms with Crippen LogP contribution in [0.3, 0.4) is 0 Å². The van der Waals surface area contributed by atoms with Crippen LogP contribution in [0.5, 0.6) is 0 Å². The van der Waals surface area contributed by atoms with E-state index >= 15 is 0 Å². The molecule has 0 aliphatic carbocycles. The predicted octanol–water partition coefficient (Wildman–Crippen LogP) is 0.321. The van der Waals surface area contributed by atoms with Crippen molar-refractivity contribution >= 4 is 5.69 Å². The molecule has 0 spiro atoms. The Balaban J connectivity index is 2.03. The van der Waals surface area contributed by atoms with Crippen LogP contribution in [0.15, 0.2) is 10.9 Å². The molecular weight excluding hydrogens is 194 g/mol. The maximum absolute atomic E-state index is 11.0. The van der Waals surface area contributed by atoms with Crippen LogP contribution in [-0.2, 0) is 11.2 Å². The van der Waals surface area contributed by atoms with Crippen LogP contribution in [0.4, 0.5) is 5.69 Å². The average molecular weight is 209 g/mol. The summed E-state index contributed by atoms with van der Waals surface area (Å²) in [5, 5.41) is 6.35. The largest absolute Gasteiger partial charge is 0.394 e. The van der Waals surface area contributed by atoms with Crippen molar-refractivity contribution in [2.24, 2.45) is 5.92 Å². The molecule has 1 aromatic rings. The molecule has 15 heavy (non-hydrogen) atoms. The molecule has 1 aromatic heterocycles. The van der Waals surface area contributed by atoms with Crippen molar-refractivity contribution in [2.75, 3.05) is 18.9 Å². The number of nitrogens with one attached hydrogen (secondary N) is 1. The van der Waals surface area contributed by atoms with E-state index in [1.165, 1.54) is 0 Å². The summed E-state index contributed by atoms with van der Waals surface area (Å²) in [6.45, 7) is 1.64. The molecule has 3 N–H and O–H groups in total.